The molecule has 8 rings (SSSR count). The van der Waals surface area contributed by atoms with Crippen molar-refractivity contribution in [2.75, 3.05) is 28.4 Å². The van der Waals surface area contributed by atoms with Crippen LogP contribution in [-0.2, 0) is 30.4 Å². The van der Waals surface area contributed by atoms with Crippen LogP contribution >= 0.6 is 0 Å². The molecule has 0 aliphatic carbocycles. The van der Waals surface area contributed by atoms with E-state index in [2.05, 4.69) is 39.6 Å². The summed E-state index contributed by atoms with van der Waals surface area (Å²) in [4.78, 5) is 73.5. The molecule has 0 unspecified atom stereocenters. The van der Waals surface area contributed by atoms with Gasteiger partial charge in [-0.15, -0.1) is 0 Å². The highest BCUT2D eigenvalue weighted by molar-refractivity contribution is 6.07. The number of nitrogens with zero attached hydrogens (tertiary/aromatic N) is 5. The Kier molecular flexibility index (Phi) is 11.6. The Morgan fingerprint density at radius 2 is 1.56 bits per heavy atom. The van der Waals surface area contributed by atoms with Crippen LogP contribution in [0.1, 0.15) is 82.7 Å². The molecular weight excluding hydrogens is 797 g/mol. The second-order valence-electron chi connectivity index (χ2n) is 16.7. The Labute approximate surface area is 359 Å². The third-order valence-corrected chi connectivity index (χ3v) is 13.1. The molecule has 0 saturated carbocycles. The minimum Gasteiger partial charge on any atom is -0.488 e. The third-order valence-electron chi connectivity index (χ3n) is 13.1. The van der Waals surface area contributed by atoms with E-state index in [9.17, 15) is 24.3 Å². The average Bonchev–Trinajstić information content (AvgIpc) is 4.09. The number of carbonyl (C=O) groups excluding carboxylic acids is 3. The summed E-state index contributed by atoms with van der Waals surface area (Å²) in [7, 11) is 5.62. The lowest BCUT2D eigenvalue weighted by molar-refractivity contribution is -0.143. The Morgan fingerprint density at radius 3 is 2.24 bits per heavy atom. The van der Waals surface area contributed by atoms with Gasteiger partial charge in [-0.3, -0.25) is 14.5 Å². The van der Waals surface area contributed by atoms with E-state index in [-0.39, 0.29) is 36.0 Å². The average molecular weight is 851 g/mol. The molecular formula is C45H54N8O9. The molecule has 62 heavy (non-hydrogen) atoms. The molecule has 3 aromatic carbocycles. The number of amides is 4. The van der Waals surface area contributed by atoms with Crippen LogP contribution in [-0.4, -0.2) is 128 Å². The van der Waals surface area contributed by atoms with Crippen molar-refractivity contribution >= 4 is 45.8 Å². The van der Waals surface area contributed by atoms with Gasteiger partial charge in [0, 0.05) is 44.3 Å². The van der Waals surface area contributed by atoms with Crippen LogP contribution in [0.25, 0.3) is 44.2 Å². The quantitative estimate of drug-likeness (QED) is 0.112. The molecule has 2 fully saturated rings. The minimum absolute atomic E-state index is 0.0783. The van der Waals surface area contributed by atoms with Gasteiger partial charge in [0.2, 0.25) is 11.8 Å². The van der Waals surface area contributed by atoms with Gasteiger partial charge in [0.1, 0.15) is 36.1 Å². The van der Waals surface area contributed by atoms with Crippen molar-refractivity contribution in [3.63, 3.8) is 0 Å². The van der Waals surface area contributed by atoms with Crippen LogP contribution in [0.15, 0.2) is 48.7 Å². The summed E-state index contributed by atoms with van der Waals surface area (Å²) in [5, 5.41) is 14.4. The van der Waals surface area contributed by atoms with Gasteiger partial charge in [0.25, 0.3) is 0 Å². The van der Waals surface area contributed by atoms with Crippen LogP contribution in [0, 0.1) is 0 Å². The zero-order valence-electron chi connectivity index (χ0n) is 36.2. The number of likely N-dealkylation sites (tertiary alicyclic amines) is 2. The van der Waals surface area contributed by atoms with E-state index in [1.54, 1.807) is 29.8 Å². The number of fused-ring (bicyclic) bond motifs is 6. The second-order valence-corrected chi connectivity index (χ2v) is 16.7. The molecule has 17 heteroatoms. The summed E-state index contributed by atoms with van der Waals surface area (Å²) in [6.45, 7) is 7.76. The van der Waals surface area contributed by atoms with E-state index in [4.69, 9.17) is 28.9 Å². The van der Waals surface area contributed by atoms with Gasteiger partial charge in [-0.2, -0.15) is 0 Å². The second kappa shape index (κ2) is 16.9. The molecule has 4 N–H and O–H groups in total. The molecule has 3 aliphatic heterocycles. The summed E-state index contributed by atoms with van der Waals surface area (Å²) in [6.07, 6.45) is 1.54. The first-order valence-electron chi connectivity index (χ1n) is 21.0. The lowest BCUT2D eigenvalue weighted by atomic mass is 9.92. The van der Waals surface area contributed by atoms with Crippen LogP contribution in [0.2, 0.25) is 0 Å². The largest absolute Gasteiger partial charge is 0.488 e. The first-order valence-corrected chi connectivity index (χ1v) is 21.0. The van der Waals surface area contributed by atoms with E-state index < -0.39 is 36.5 Å². The Balaban J connectivity index is 1.05. The monoisotopic (exact) mass is 850 g/mol. The number of carboxylic acid groups (broad SMARTS) is 1. The molecule has 0 bridgehead atoms. The number of carbonyl (C=O) groups is 4. The summed E-state index contributed by atoms with van der Waals surface area (Å²) < 4.78 is 22.1. The summed E-state index contributed by atoms with van der Waals surface area (Å²) in [5.41, 5.74) is 6.35. The van der Waals surface area contributed by atoms with Crippen molar-refractivity contribution in [3.8, 4) is 28.1 Å². The first kappa shape index (κ1) is 42.5. The molecule has 5 heterocycles. The summed E-state index contributed by atoms with van der Waals surface area (Å²) in [6, 6.07) is 11.6. The zero-order chi connectivity index (χ0) is 44.1. The third kappa shape index (κ3) is 7.46. The van der Waals surface area contributed by atoms with Gasteiger partial charge in [-0.25, -0.2) is 19.6 Å². The molecule has 328 valence electrons. The van der Waals surface area contributed by atoms with Gasteiger partial charge in [0.15, 0.2) is 0 Å². The normalized spacial score (nSPS) is 21.5. The maximum absolute atomic E-state index is 14.1. The SMILES string of the molecule is COC(=O)N[C@H](C(=O)N1[C@@H](C)CC[C@H]1c1ncc(-c2ccc3c(c2)COc2cc4c(ccc5nc([C@@H]6CC[C@H](C)N6C(=O)[C@H]([C@H](C)OC)N(C)C(=O)O)[nH]c54)cc2-3)[nH]1)[C@H](C)OC. The Morgan fingerprint density at radius 1 is 0.871 bits per heavy atom. The van der Waals surface area contributed by atoms with Gasteiger partial charge < -0.3 is 49.1 Å². The van der Waals surface area contributed by atoms with Crippen molar-refractivity contribution < 1.29 is 43.2 Å². The van der Waals surface area contributed by atoms with Crippen LogP contribution in [0.5, 0.6) is 5.75 Å². The molecule has 17 nitrogen and oxygen atoms in total. The number of aromatic nitrogens is 4. The van der Waals surface area contributed by atoms with Crippen molar-refractivity contribution in [2.45, 2.75) is 108 Å². The molecule has 2 aromatic heterocycles. The van der Waals surface area contributed by atoms with Crippen molar-refractivity contribution in [3.05, 3.63) is 65.9 Å². The highest BCUT2D eigenvalue weighted by Gasteiger charge is 2.45. The number of aromatic amines is 2. The standard InChI is InChI=1S/C45H54N8O9/c1-22-9-15-34(52(22)42(54)37(24(3)59-6)50-44(56)61-8)40-46-20-33(48-40)27-11-13-29-28(17-27)21-62-36-19-30-26(18-31(29)36)12-14-32-38(30)49-41(47-32)35-16-10-23(2)53(35)43(55)39(25(4)60-7)51(5)45(57)58/h11-14,17-20,22-25,34-35,37,39H,9-10,15-16,21H2,1-8H3,(H,46,48)(H,47,49)(H,50,56)(H,57,58)/t22-,23-,24-,25-,34-,35-,37-,39-/m0/s1. The Hall–Kier alpha value is -6.20. The summed E-state index contributed by atoms with van der Waals surface area (Å²) in [5.74, 6) is 1.47. The smallest absolute Gasteiger partial charge is 0.407 e. The van der Waals surface area contributed by atoms with E-state index in [0.717, 1.165) is 73.2 Å². The molecule has 3 aliphatic rings. The molecule has 8 atom stereocenters. The predicted octanol–water partition coefficient (Wildman–Crippen LogP) is 6.54. The number of H-pyrrole nitrogens is 2. The van der Waals surface area contributed by atoms with Crippen LogP contribution in [0.3, 0.4) is 0 Å². The number of alkyl carbamates (subject to hydrolysis) is 1. The first-order chi connectivity index (χ1) is 29.7. The van der Waals surface area contributed by atoms with E-state index in [1.165, 1.54) is 28.4 Å². The minimum atomic E-state index is -1.20. The molecule has 0 radical (unpaired) electrons. The number of benzene rings is 3. The number of ether oxygens (including phenoxy) is 4. The number of hydrogen-bond donors (Lipinski definition) is 4. The fraction of sp³-hybridized carbons (Fsp3) is 0.467. The fourth-order valence-corrected chi connectivity index (χ4v) is 9.48. The highest BCUT2D eigenvalue weighted by Crippen LogP contribution is 2.44. The topological polar surface area (TPSA) is 205 Å². The Bertz CT molecular complexity index is 2540. The lowest BCUT2D eigenvalue weighted by Gasteiger charge is -2.36. The zero-order valence-corrected chi connectivity index (χ0v) is 36.2. The number of nitrogens with one attached hydrogen (secondary N) is 3. The maximum atomic E-state index is 14.1. The van der Waals surface area contributed by atoms with Crippen LogP contribution < -0.4 is 10.1 Å². The van der Waals surface area contributed by atoms with E-state index in [0.29, 0.717) is 31.1 Å². The van der Waals surface area contributed by atoms with Gasteiger partial charge in [-0.05, 0) is 99.7 Å². The summed E-state index contributed by atoms with van der Waals surface area (Å²) >= 11 is 0. The van der Waals surface area contributed by atoms with Crippen LogP contribution in [0.4, 0.5) is 9.59 Å². The number of hydrogen-bond acceptors (Lipinski definition) is 10. The number of imidazole rings is 2. The van der Waals surface area contributed by atoms with E-state index >= 15 is 0 Å². The molecule has 4 amide bonds. The van der Waals surface area contributed by atoms with Crippen molar-refractivity contribution in [2.24, 2.45) is 0 Å². The fourth-order valence-electron chi connectivity index (χ4n) is 9.48. The van der Waals surface area contributed by atoms with Crippen molar-refractivity contribution in [1.82, 2.24) is 40.0 Å². The maximum Gasteiger partial charge on any atom is 0.407 e. The van der Waals surface area contributed by atoms with Gasteiger partial charge in [-0.1, -0.05) is 18.2 Å². The number of likely N-dealkylation sites (N-methyl/N-ethyl adjacent to an activating group) is 1. The highest BCUT2D eigenvalue weighted by atomic mass is 16.5. The van der Waals surface area contributed by atoms with Crippen molar-refractivity contribution in [1.29, 1.82) is 0 Å². The van der Waals surface area contributed by atoms with Gasteiger partial charge >= 0.3 is 12.2 Å². The molecule has 2 saturated heterocycles. The predicted molar refractivity (Wildman–Crippen MR) is 229 cm³/mol. The molecule has 0 spiro atoms. The molecule has 5 aromatic rings. The number of rotatable bonds is 11. The number of methoxy groups -OCH3 is 3. The lowest BCUT2D eigenvalue weighted by Crippen LogP contribution is -2.55. The van der Waals surface area contributed by atoms with E-state index in [1.807, 2.05) is 32.0 Å². The van der Waals surface area contributed by atoms with Gasteiger partial charge in [0.05, 0.1) is 54.3 Å².